The monoisotopic (exact) mass is 490 g/mol. The second kappa shape index (κ2) is 10.7. The average Bonchev–Trinajstić information content (AvgIpc) is 2.82. The van der Waals surface area contributed by atoms with Gasteiger partial charge in [-0.3, -0.25) is 4.79 Å². The van der Waals surface area contributed by atoms with Crippen molar-refractivity contribution in [2.24, 2.45) is 0 Å². The molecule has 3 amide bonds. The van der Waals surface area contributed by atoms with E-state index in [0.717, 1.165) is 5.56 Å². The fraction of sp³-hybridized carbons (Fsp3) is 0.391. The molecular weight excluding hydrogens is 460 g/mol. The average molecular weight is 491 g/mol. The number of anilines is 1. The highest BCUT2D eigenvalue weighted by atomic mass is 32.2. The summed E-state index contributed by atoms with van der Waals surface area (Å²) in [5.41, 5.74) is 1.25. The quantitative estimate of drug-likeness (QED) is 0.632. The molecule has 1 fully saturated rings. The molecule has 1 aliphatic heterocycles. The number of rotatable bonds is 7. The van der Waals surface area contributed by atoms with Crippen molar-refractivity contribution in [2.75, 3.05) is 59.3 Å². The Balaban J connectivity index is 1.86. The molecule has 3 rings (SSSR count). The van der Waals surface area contributed by atoms with E-state index in [0.29, 0.717) is 47.7 Å². The van der Waals surface area contributed by atoms with E-state index >= 15 is 0 Å². The van der Waals surface area contributed by atoms with E-state index in [9.17, 15) is 18.0 Å². The maximum Gasteiger partial charge on any atom is 0.334 e. The number of methoxy groups -OCH3 is 2. The van der Waals surface area contributed by atoms with Crippen LogP contribution in [0.25, 0.3) is 0 Å². The lowest BCUT2D eigenvalue weighted by molar-refractivity contribution is -0.116. The van der Waals surface area contributed by atoms with Gasteiger partial charge in [-0.2, -0.15) is 0 Å². The van der Waals surface area contributed by atoms with Crippen molar-refractivity contribution < 1.29 is 27.5 Å². The molecule has 34 heavy (non-hydrogen) atoms. The van der Waals surface area contributed by atoms with Crippen LogP contribution in [-0.2, 0) is 14.8 Å². The molecule has 1 aliphatic rings. The molecule has 0 atom stereocenters. The summed E-state index contributed by atoms with van der Waals surface area (Å²) >= 11 is 0. The Kier molecular flexibility index (Phi) is 8.00. The zero-order chi connectivity index (χ0) is 24.9. The molecule has 0 spiro atoms. The van der Waals surface area contributed by atoms with Crippen molar-refractivity contribution in [2.45, 2.75) is 11.8 Å². The van der Waals surface area contributed by atoms with Crippen molar-refractivity contribution in [3.63, 3.8) is 0 Å². The first-order valence-electron chi connectivity index (χ1n) is 10.7. The molecule has 10 nitrogen and oxygen atoms in total. The molecule has 0 aliphatic carbocycles. The van der Waals surface area contributed by atoms with E-state index in [1.807, 2.05) is 18.9 Å². The first kappa shape index (κ1) is 25.3. The van der Waals surface area contributed by atoms with Crippen molar-refractivity contribution in [3.8, 4) is 11.5 Å². The van der Waals surface area contributed by atoms with Gasteiger partial charge in [-0.15, -0.1) is 0 Å². The molecule has 1 N–H and O–H groups in total. The van der Waals surface area contributed by atoms with Gasteiger partial charge in [-0.1, -0.05) is 17.7 Å². The van der Waals surface area contributed by atoms with Crippen LogP contribution in [0.1, 0.15) is 5.56 Å². The second-order valence-corrected chi connectivity index (χ2v) is 9.88. The van der Waals surface area contributed by atoms with Gasteiger partial charge in [0.05, 0.1) is 19.1 Å². The Morgan fingerprint density at radius 1 is 0.971 bits per heavy atom. The molecular formula is C23H30N4O6S. The topological polar surface area (TPSA) is 108 Å². The third-order valence-electron chi connectivity index (χ3n) is 5.55. The highest BCUT2D eigenvalue weighted by Crippen LogP contribution is 2.29. The molecule has 184 valence electrons. The summed E-state index contributed by atoms with van der Waals surface area (Å²) in [5, 5.41) is 2.64. The zero-order valence-corrected chi connectivity index (χ0v) is 20.6. The third-order valence-corrected chi connectivity index (χ3v) is 7.28. The van der Waals surface area contributed by atoms with Crippen LogP contribution < -0.4 is 14.8 Å². The smallest absolute Gasteiger partial charge is 0.334 e. The van der Waals surface area contributed by atoms with Crippen molar-refractivity contribution in [3.05, 3.63) is 48.0 Å². The number of hydrogen-bond donors (Lipinski definition) is 1. The van der Waals surface area contributed by atoms with Gasteiger partial charge in [-0.25, -0.2) is 17.5 Å². The lowest BCUT2D eigenvalue weighted by Crippen LogP contribution is -2.54. The van der Waals surface area contributed by atoms with E-state index in [1.54, 1.807) is 30.3 Å². The van der Waals surface area contributed by atoms with Crippen LogP contribution in [0, 0.1) is 6.92 Å². The second-order valence-electron chi connectivity index (χ2n) is 8.02. The van der Waals surface area contributed by atoms with Crippen LogP contribution >= 0.6 is 0 Å². The number of urea groups is 1. The van der Waals surface area contributed by atoms with Gasteiger partial charge < -0.3 is 24.6 Å². The number of ether oxygens (including phenoxy) is 2. The molecule has 11 heteroatoms. The number of carbonyl (C=O) groups is 2. The van der Waals surface area contributed by atoms with E-state index in [4.69, 9.17) is 9.47 Å². The molecule has 0 bridgehead atoms. The minimum absolute atomic E-state index is 0.0560. The third kappa shape index (κ3) is 5.78. The molecule has 1 saturated heterocycles. The van der Waals surface area contributed by atoms with Gasteiger partial charge in [0.2, 0.25) is 5.91 Å². The Morgan fingerprint density at radius 3 is 2.18 bits per heavy atom. The zero-order valence-electron chi connectivity index (χ0n) is 19.8. The maximum absolute atomic E-state index is 13.4. The highest BCUT2D eigenvalue weighted by molar-refractivity contribution is 7.89. The predicted molar refractivity (Wildman–Crippen MR) is 128 cm³/mol. The van der Waals surface area contributed by atoms with Crippen LogP contribution in [0.5, 0.6) is 11.5 Å². The SMILES string of the molecule is COc1ccc(NC(=O)CN(C(=O)N2CCN(C)CC2)S(=O)(=O)c2ccc(C)cc2)cc1OC. The number of hydrogen-bond acceptors (Lipinski definition) is 7. The molecule has 2 aromatic rings. The van der Waals surface area contributed by atoms with Gasteiger partial charge in [0.1, 0.15) is 6.54 Å². The predicted octanol–water partition coefficient (Wildman–Crippen LogP) is 2.01. The summed E-state index contributed by atoms with van der Waals surface area (Å²) in [5.74, 6) is 0.220. The molecule has 0 saturated carbocycles. The van der Waals surface area contributed by atoms with Crippen molar-refractivity contribution >= 4 is 27.6 Å². The normalized spacial score (nSPS) is 14.4. The summed E-state index contributed by atoms with van der Waals surface area (Å²) < 4.78 is 37.9. The first-order chi connectivity index (χ1) is 16.1. The number of nitrogens with zero attached hydrogens (tertiary/aromatic N) is 3. The molecule has 1 heterocycles. The molecule has 0 aromatic heterocycles. The fourth-order valence-electron chi connectivity index (χ4n) is 3.49. The summed E-state index contributed by atoms with van der Waals surface area (Å²) in [6, 6.07) is 10.2. The van der Waals surface area contributed by atoms with Crippen LogP contribution in [-0.4, -0.2) is 88.5 Å². The number of likely N-dealkylation sites (N-methyl/N-ethyl adjacent to an activating group) is 1. The van der Waals surface area contributed by atoms with Crippen LogP contribution in [0.4, 0.5) is 10.5 Å². The number of sulfonamides is 1. The van der Waals surface area contributed by atoms with Gasteiger partial charge in [-0.05, 0) is 38.2 Å². The number of aryl methyl sites for hydroxylation is 1. The Hall–Kier alpha value is -3.31. The number of carbonyl (C=O) groups excluding carboxylic acids is 2. The number of benzene rings is 2. The molecule has 2 aromatic carbocycles. The Labute approximate surface area is 200 Å². The largest absolute Gasteiger partial charge is 0.493 e. The Morgan fingerprint density at radius 2 is 1.59 bits per heavy atom. The fourth-order valence-corrected chi connectivity index (χ4v) is 4.84. The standard InChI is InChI=1S/C23H30N4O6S/c1-17-5-8-19(9-6-17)34(30,31)27(23(29)26-13-11-25(2)12-14-26)16-22(28)24-18-7-10-20(32-3)21(15-18)33-4/h5-10,15H,11-14,16H2,1-4H3,(H,24,28). The van der Waals surface area contributed by atoms with Crippen LogP contribution in [0.15, 0.2) is 47.4 Å². The Bertz CT molecular complexity index is 1130. The van der Waals surface area contributed by atoms with Gasteiger partial charge in [0, 0.05) is 37.9 Å². The van der Waals surface area contributed by atoms with E-state index in [1.165, 1.54) is 31.3 Å². The highest BCUT2D eigenvalue weighted by Gasteiger charge is 2.35. The summed E-state index contributed by atoms with van der Waals surface area (Å²) in [6.45, 7) is 3.12. The number of nitrogens with one attached hydrogen (secondary N) is 1. The molecule has 0 radical (unpaired) electrons. The number of amides is 3. The van der Waals surface area contributed by atoms with Gasteiger partial charge in [0.15, 0.2) is 11.5 Å². The van der Waals surface area contributed by atoms with Crippen molar-refractivity contribution in [1.29, 1.82) is 0 Å². The summed E-state index contributed by atoms with van der Waals surface area (Å²) in [7, 11) is 0.622. The lowest BCUT2D eigenvalue weighted by atomic mass is 10.2. The maximum atomic E-state index is 13.4. The molecule has 0 unspecified atom stereocenters. The summed E-state index contributed by atoms with van der Waals surface area (Å²) in [4.78, 5) is 29.6. The van der Waals surface area contributed by atoms with E-state index in [2.05, 4.69) is 5.32 Å². The van der Waals surface area contributed by atoms with Crippen LogP contribution in [0.2, 0.25) is 0 Å². The van der Waals surface area contributed by atoms with E-state index < -0.39 is 28.5 Å². The van der Waals surface area contributed by atoms with Gasteiger partial charge >= 0.3 is 6.03 Å². The number of piperazine rings is 1. The van der Waals surface area contributed by atoms with Gasteiger partial charge in [0.25, 0.3) is 10.0 Å². The van der Waals surface area contributed by atoms with Crippen LogP contribution in [0.3, 0.4) is 0 Å². The lowest BCUT2D eigenvalue weighted by Gasteiger charge is -2.35. The van der Waals surface area contributed by atoms with Crippen molar-refractivity contribution in [1.82, 2.24) is 14.1 Å². The first-order valence-corrected chi connectivity index (χ1v) is 12.2. The summed E-state index contributed by atoms with van der Waals surface area (Å²) in [6.07, 6.45) is 0. The minimum atomic E-state index is -4.27. The minimum Gasteiger partial charge on any atom is -0.493 e. The van der Waals surface area contributed by atoms with E-state index in [-0.39, 0.29) is 4.90 Å².